The van der Waals surface area contributed by atoms with E-state index in [1.54, 1.807) is 0 Å². The maximum atomic E-state index is 5.94. The molecule has 5 nitrogen and oxygen atoms in total. The van der Waals surface area contributed by atoms with Crippen molar-refractivity contribution in [1.29, 1.82) is 0 Å². The third-order valence-electron chi connectivity index (χ3n) is 5.17. The van der Waals surface area contributed by atoms with Gasteiger partial charge in [-0.25, -0.2) is 0 Å². The van der Waals surface area contributed by atoms with Crippen LogP contribution < -0.4 is 10.6 Å². The minimum absolute atomic E-state index is 0. The number of hydrogen-bond donors (Lipinski definition) is 2. The predicted molar refractivity (Wildman–Crippen MR) is 110 cm³/mol. The summed E-state index contributed by atoms with van der Waals surface area (Å²) < 4.78 is 5.94. The van der Waals surface area contributed by atoms with Crippen LogP contribution in [0.2, 0.25) is 0 Å². The monoisotopic (exact) mass is 446 g/mol. The van der Waals surface area contributed by atoms with Crippen molar-refractivity contribution >= 4 is 29.9 Å². The third-order valence-corrected chi connectivity index (χ3v) is 5.17. The first-order valence-corrected chi connectivity index (χ1v) is 8.68. The summed E-state index contributed by atoms with van der Waals surface area (Å²) in [5, 5.41) is 6.94. The van der Waals surface area contributed by atoms with E-state index in [4.69, 9.17) is 4.74 Å². The number of nitrogens with zero attached hydrogens (tertiary/aromatic N) is 2. The molecule has 0 bridgehead atoms. The van der Waals surface area contributed by atoms with Crippen molar-refractivity contribution in [2.45, 2.75) is 58.7 Å². The maximum Gasteiger partial charge on any atom is 0.191 e. The highest BCUT2D eigenvalue weighted by Gasteiger charge is 2.53. The number of guanidine groups is 1. The van der Waals surface area contributed by atoms with E-state index in [1.165, 1.54) is 0 Å². The van der Waals surface area contributed by atoms with E-state index in [-0.39, 0.29) is 29.4 Å². The van der Waals surface area contributed by atoms with Crippen LogP contribution in [0.5, 0.6) is 0 Å². The van der Waals surface area contributed by atoms with Crippen LogP contribution in [0.15, 0.2) is 29.4 Å². The Kier molecular flexibility index (Phi) is 8.97. The predicted octanol–water partition coefficient (Wildman–Crippen LogP) is 3.35. The van der Waals surface area contributed by atoms with Gasteiger partial charge in [0.15, 0.2) is 5.96 Å². The van der Waals surface area contributed by atoms with Crippen molar-refractivity contribution in [3.63, 3.8) is 0 Å². The van der Waals surface area contributed by atoms with Gasteiger partial charge in [-0.3, -0.25) is 9.98 Å². The van der Waals surface area contributed by atoms with Gasteiger partial charge in [-0.2, -0.15) is 0 Å². The van der Waals surface area contributed by atoms with Crippen LogP contribution in [0.25, 0.3) is 0 Å². The Bertz CT molecular complexity index is 505. The molecule has 2 unspecified atom stereocenters. The number of rotatable bonds is 7. The molecule has 136 valence electrons. The Balaban J connectivity index is 0.00000288. The number of ether oxygens (including phenoxy) is 1. The number of aliphatic imine (C=N–C) groups is 1. The van der Waals surface area contributed by atoms with E-state index in [0.717, 1.165) is 37.5 Å². The second kappa shape index (κ2) is 10.2. The zero-order chi connectivity index (χ0) is 16.7. The fourth-order valence-corrected chi connectivity index (χ4v) is 3.62. The van der Waals surface area contributed by atoms with E-state index in [1.807, 2.05) is 31.4 Å². The Morgan fingerprint density at radius 1 is 1.33 bits per heavy atom. The zero-order valence-corrected chi connectivity index (χ0v) is 17.5. The van der Waals surface area contributed by atoms with E-state index in [9.17, 15) is 0 Å². The first-order valence-electron chi connectivity index (χ1n) is 8.68. The van der Waals surface area contributed by atoms with Gasteiger partial charge in [0.1, 0.15) is 0 Å². The van der Waals surface area contributed by atoms with Gasteiger partial charge >= 0.3 is 0 Å². The Labute approximate surface area is 163 Å². The molecule has 1 heterocycles. The molecule has 6 heteroatoms. The fraction of sp³-hybridized carbons (Fsp3) is 0.667. The Morgan fingerprint density at radius 2 is 2.08 bits per heavy atom. The van der Waals surface area contributed by atoms with Crippen LogP contribution in [0, 0.1) is 5.41 Å². The van der Waals surface area contributed by atoms with E-state index in [2.05, 4.69) is 41.4 Å². The summed E-state index contributed by atoms with van der Waals surface area (Å²) in [7, 11) is 1.81. The van der Waals surface area contributed by atoms with Crippen molar-refractivity contribution in [2.24, 2.45) is 10.4 Å². The van der Waals surface area contributed by atoms with Gasteiger partial charge in [0.2, 0.25) is 0 Å². The number of hydrogen-bond acceptors (Lipinski definition) is 3. The summed E-state index contributed by atoms with van der Waals surface area (Å²) >= 11 is 0. The molecule has 1 saturated carbocycles. The van der Waals surface area contributed by atoms with E-state index >= 15 is 0 Å². The van der Waals surface area contributed by atoms with Crippen LogP contribution in [0.3, 0.4) is 0 Å². The van der Waals surface area contributed by atoms with Gasteiger partial charge < -0.3 is 15.4 Å². The average Bonchev–Trinajstić information content (AvgIpc) is 2.59. The van der Waals surface area contributed by atoms with Crippen molar-refractivity contribution in [2.75, 3.05) is 13.7 Å². The van der Waals surface area contributed by atoms with Gasteiger partial charge in [-0.05, 0) is 38.3 Å². The lowest BCUT2D eigenvalue weighted by molar-refractivity contribution is -0.133. The fourth-order valence-electron chi connectivity index (χ4n) is 3.62. The summed E-state index contributed by atoms with van der Waals surface area (Å²) in [4.78, 5) is 8.69. The van der Waals surface area contributed by atoms with Crippen molar-refractivity contribution in [3.05, 3.63) is 30.1 Å². The number of aromatic nitrogens is 1. The molecule has 1 aliphatic carbocycles. The second-order valence-electron chi connectivity index (χ2n) is 6.06. The number of nitrogens with one attached hydrogen (secondary N) is 2. The molecule has 0 amide bonds. The molecule has 0 spiro atoms. The quantitative estimate of drug-likeness (QED) is 0.383. The third kappa shape index (κ3) is 4.59. The topological polar surface area (TPSA) is 58.5 Å². The molecule has 1 aromatic heterocycles. The minimum Gasteiger partial charge on any atom is -0.378 e. The lowest BCUT2D eigenvalue weighted by Gasteiger charge is -2.55. The molecular weight excluding hydrogens is 415 g/mol. The molecule has 0 radical (unpaired) electrons. The molecule has 24 heavy (non-hydrogen) atoms. The standard InChI is InChI=1S/C18H30N4O.HI/c1-5-18(6-2)15(12-16(18)23-7-3)22-17(19-4)21-13-14-10-8-9-11-20-14;/h8-11,15-16H,5-7,12-13H2,1-4H3,(H2,19,21,22);1H. The molecule has 0 aromatic carbocycles. The van der Waals surface area contributed by atoms with E-state index in [0.29, 0.717) is 18.7 Å². The summed E-state index contributed by atoms with van der Waals surface area (Å²) in [6.07, 6.45) is 5.44. The maximum absolute atomic E-state index is 5.94. The molecule has 1 aromatic rings. The summed E-state index contributed by atoms with van der Waals surface area (Å²) in [5.41, 5.74) is 1.21. The summed E-state index contributed by atoms with van der Waals surface area (Å²) in [6, 6.07) is 6.34. The Morgan fingerprint density at radius 3 is 2.62 bits per heavy atom. The molecule has 0 saturated heterocycles. The van der Waals surface area contributed by atoms with Gasteiger partial charge in [-0.1, -0.05) is 19.9 Å². The first kappa shape index (κ1) is 21.2. The van der Waals surface area contributed by atoms with Crippen LogP contribution in [-0.4, -0.2) is 36.7 Å². The molecule has 2 rings (SSSR count). The van der Waals surface area contributed by atoms with Gasteiger partial charge in [0.05, 0.1) is 18.3 Å². The molecule has 2 atom stereocenters. The van der Waals surface area contributed by atoms with Gasteiger partial charge in [-0.15, -0.1) is 24.0 Å². The highest BCUT2D eigenvalue weighted by atomic mass is 127. The lowest BCUT2D eigenvalue weighted by Crippen LogP contribution is -2.65. The normalized spacial score (nSPS) is 22.2. The van der Waals surface area contributed by atoms with Crippen LogP contribution >= 0.6 is 24.0 Å². The second-order valence-corrected chi connectivity index (χ2v) is 6.06. The molecule has 1 fully saturated rings. The van der Waals surface area contributed by atoms with Crippen molar-refractivity contribution in [3.8, 4) is 0 Å². The van der Waals surface area contributed by atoms with E-state index < -0.39 is 0 Å². The molecule has 0 aliphatic heterocycles. The summed E-state index contributed by atoms with van der Waals surface area (Å²) in [6.45, 7) is 8.05. The molecule has 1 aliphatic rings. The van der Waals surface area contributed by atoms with Gasteiger partial charge in [0, 0.05) is 31.3 Å². The highest BCUT2D eigenvalue weighted by molar-refractivity contribution is 14.0. The molecular formula is C18H31IN4O. The largest absolute Gasteiger partial charge is 0.378 e. The first-order chi connectivity index (χ1) is 11.2. The SMILES string of the molecule is CCOC1CC(NC(=NC)NCc2ccccn2)C1(CC)CC.I. The zero-order valence-electron chi connectivity index (χ0n) is 15.2. The Hall–Kier alpha value is -0.890. The number of pyridine rings is 1. The summed E-state index contributed by atoms with van der Waals surface area (Å²) in [5.74, 6) is 0.835. The van der Waals surface area contributed by atoms with Crippen LogP contribution in [-0.2, 0) is 11.3 Å². The van der Waals surface area contributed by atoms with Crippen LogP contribution in [0.1, 0.15) is 45.7 Å². The van der Waals surface area contributed by atoms with Crippen molar-refractivity contribution in [1.82, 2.24) is 15.6 Å². The molecule has 2 N–H and O–H groups in total. The average molecular weight is 446 g/mol. The number of halogens is 1. The highest BCUT2D eigenvalue weighted by Crippen LogP contribution is 2.48. The van der Waals surface area contributed by atoms with Gasteiger partial charge in [0.25, 0.3) is 0 Å². The van der Waals surface area contributed by atoms with Crippen LogP contribution in [0.4, 0.5) is 0 Å². The smallest absolute Gasteiger partial charge is 0.191 e. The minimum atomic E-state index is 0. The lowest BCUT2D eigenvalue weighted by atomic mass is 9.58. The van der Waals surface area contributed by atoms with Crippen molar-refractivity contribution < 1.29 is 4.74 Å².